The van der Waals surface area contributed by atoms with Gasteiger partial charge >= 0.3 is 11.8 Å². The van der Waals surface area contributed by atoms with Gasteiger partial charge in [0.2, 0.25) is 5.89 Å². The molecule has 0 radical (unpaired) electrons. The fourth-order valence-electron chi connectivity index (χ4n) is 3.24. The third-order valence-electron chi connectivity index (χ3n) is 4.95. The molecular formula is C20H22N4O4S2. The number of carbonyl (C=O) groups excluding carboxylic acids is 1. The summed E-state index contributed by atoms with van der Waals surface area (Å²) in [4.78, 5) is 14.2. The molecule has 0 saturated carbocycles. The van der Waals surface area contributed by atoms with Gasteiger partial charge in [-0.1, -0.05) is 19.1 Å². The van der Waals surface area contributed by atoms with E-state index in [1.54, 1.807) is 22.4 Å². The normalized spacial score (nSPS) is 14.6. The number of anilines is 1. The molecule has 158 valence electrons. The number of aryl methyl sites for hydroxylation is 1. The van der Waals surface area contributed by atoms with E-state index < -0.39 is 10.0 Å². The SMILES string of the molecule is CCc1ccc(NS(=O)(=O)c2cc(-c3nnc(C(=O)N4CCCCC4)o3)cs2)cc1. The molecule has 1 aliphatic heterocycles. The Kier molecular flexibility index (Phi) is 5.87. The summed E-state index contributed by atoms with van der Waals surface area (Å²) < 4.78 is 33.6. The van der Waals surface area contributed by atoms with Crippen LogP contribution in [0.25, 0.3) is 11.5 Å². The lowest BCUT2D eigenvalue weighted by Gasteiger charge is -2.24. The van der Waals surface area contributed by atoms with Gasteiger partial charge < -0.3 is 9.32 Å². The van der Waals surface area contributed by atoms with E-state index in [0.29, 0.717) is 24.3 Å². The van der Waals surface area contributed by atoms with Crippen molar-refractivity contribution in [2.24, 2.45) is 0 Å². The van der Waals surface area contributed by atoms with Gasteiger partial charge in [-0.05, 0) is 49.4 Å². The third-order valence-corrected chi connectivity index (χ3v) is 7.77. The molecule has 3 heterocycles. The quantitative estimate of drug-likeness (QED) is 0.618. The second-order valence-electron chi connectivity index (χ2n) is 7.08. The van der Waals surface area contributed by atoms with Gasteiger partial charge in [-0.2, -0.15) is 0 Å². The monoisotopic (exact) mass is 446 g/mol. The van der Waals surface area contributed by atoms with Crippen molar-refractivity contribution in [2.75, 3.05) is 17.8 Å². The topological polar surface area (TPSA) is 105 Å². The van der Waals surface area contributed by atoms with E-state index in [9.17, 15) is 13.2 Å². The average Bonchev–Trinajstić information content (AvgIpc) is 3.44. The zero-order chi connectivity index (χ0) is 21.1. The van der Waals surface area contributed by atoms with E-state index in [1.165, 1.54) is 6.07 Å². The van der Waals surface area contributed by atoms with Gasteiger partial charge in [0.25, 0.3) is 10.0 Å². The molecule has 3 aromatic rings. The highest BCUT2D eigenvalue weighted by Crippen LogP contribution is 2.29. The van der Waals surface area contributed by atoms with Crippen molar-refractivity contribution in [1.29, 1.82) is 0 Å². The molecule has 4 rings (SSSR count). The standard InChI is InChI=1S/C20H22N4O4S2/c1-2-14-6-8-16(9-7-14)23-30(26,27)17-12-15(13-29-17)18-21-22-19(28-18)20(25)24-10-4-3-5-11-24/h6-9,12-13,23H,2-5,10-11H2,1H3. The number of amides is 1. The van der Waals surface area contributed by atoms with Gasteiger partial charge in [-0.25, -0.2) is 8.42 Å². The maximum Gasteiger partial charge on any atom is 0.311 e. The van der Waals surface area contributed by atoms with Crippen LogP contribution in [0.15, 0.2) is 44.3 Å². The highest BCUT2D eigenvalue weighted by molar-refractivity contribution is 7.94. The molecule has 10 heteroatoms. The van der Waals surface area contributed by atoms with Crippen LogP contribution < -0.4 is 4.72 Å². The number of nitrogens with zero attached hydrogens (tertiary/aromatic N) is 3. The number of thiophene rings is 1. The molecule has 30 heavy (non-hydrogen) atoms. The highest BCUT2D eigenvalue weighted by Gasteiger charge is 2.25. The van der Waals surface area contributed by atoms with Crippen molar-refractivity contribution in [3.8, 4) is 11.5 Å². The zero-order valence-corrected chi connectivity index (χ0v) is 18.1. The summed E-state index contributed by atoms with van der Waals surface area (Å²) in [5.41, 5.74) is 2.09. The van der Waals surface area contributed by atoms with Crippen LogP contribution in [0.1, 0.15) is 42.4 Å². The molecule has 1 fully saturated rings. The number of nitrogens with one attached hydrogen (secondary N) is 1. The predicted molar refractivity (Wildman–Crippen MR) is 114 cm³/mol. The lowest BCUT2D eigenvalue weighted by molar-refractivity contribution is 0.0684. The van der Waals surface area contributed by atoms with Gasteiger partial charge in [0, 0.05) is 24.2 Å². The molecule has 8 nitrogen and oxygen atoms in total. The van der Waals surface area contributed by atoms with Crippen molar-refractivity contribution in [1.82, 2.24) is 15.1 Å². The third kappa shape index (κ3) is 4.39. The van der Waals surface area contributed by atoms with E-state index in [0.717, 1.165) is 42.6 Å². The van der Waals surface area contributed by atoms with E-state index in [1.807, 2.05) is 19.1 Å². The largest absolute Gasteiger partial charge is 0.412 e. The Balaban J connectivity index is 1.49. The Hall–Kier alpha value is -2.72. The van der Waals surface area contributed by atoms with Crippen molar-refractivity contribution in [2.45, 2.75) is 36.8 Å². The molecule has 0 aliphatic carbocycles. The maximum absolute atomic E-state index is 12.7. The second kappa shape index (κ2) is 8.57. The summed E-state index contributed by atoms with van der Waals surface area (Å²) in [6.45, 7) is 3.40. The Morgan fingerprint density at radius 3 is 2.60 bits per heavy atom. The van der Waals surface area contributed by atoms with Crippen LogP contribution >= 0.6 is 11.3 Å². The molecule has 1 saturated heterocycles. The molecule has 0 atom stereocenters. The van der Waals surface area contributed by atoms with E-state index >= 15 is 0 Å². The molecule has 1 aliphatic rings. The first-order valence-corrected chi connectivity index (χ1v) is 12.2. The van der Waals surface area contributed by atoms with Crippen LogP contribution in [-0.4, -0.2) is 42.5 Å². The smallest absolute Gasteiger partial charge is 0.311 e. The van der Waals surface area contributed by atoms with E-state index in [-0.39, 0.29) is 21.9 Å². The molecule has 1 aromatic carbocycles. The van der Waals surface area contributed by atoms with Crippen LogP contribution in [0.5, 0.6) is 0 Å². The number of benzene rings is 1. The molecule has 1 N–H and O–H groups in total. The minimum absolute atomic E-state index is 0.0725. The first-order chi connectivity index (χ1) is 14.5. The number of carbonyl (C=O) groups is 1. The summed E-state index contributed by atoms with van der Waals surface area (Å²) in [6, 6.07) is 8.72. The van der Waals surface area contributed by atoms with Crippen LogP contribution in [0, 0.1) is 0 Å². The van der Waals surface area contributed by atoms with Crippen molar-refractivity contribution >= 4 is 33.0 Å². The summed E-state index contributed by atoms with van der Waals surface area (Å²) in [5, 5.41) is 9.41. The summed E-state index contributed by atoms with van der Waals surface area (Å²) in [7, 11) is -3.74. The minimum atomic E-state index is -3.74. The summed E-state index contributed by atoms with van der Waals surface area (Å²) >= 11 is 1.05. The highest BCUT2D eigenvalue weighted by atomic mass is 32.2. The molecule has 0 bridgehead atoms. The van der Waals surface area contributed by atoms with Gasteiger partial charge in [-0.3, -0.25) is 9.52 Å². The Bertz CT molecular complexity index is 1130. The Morgan fingerprint density at radius 1 is 1.17 bits per heavy atom. The predicted octanol–water partition coefficient (Wildman–Crippen LogP) is 3.79. The van der Waals surface area contributed by atoms with Gasteiger partial charge in [-0.15, -0.1) is 21.5 Å². The first kappa shape index (κ1) is 20.5. The molecule has 0 spiro atoms. The van der Waals surface area contributed by atoms with Gasteiger partial charge in [0.05, 0.1) is 5.56 Å². The van der Waals surface area contributed by atoms with Crippen molar-refractivity contribution in [3.63, 3.8) is 0 Å². The van der Waals surface area contributed by atoms with Gasteiger partial charge in [0.1, 0.15) is 4.21 Å². The van der Waals surface area contributed by atoms with Crippen LogP contribution in [-0.2, 0) is 16.4 Å². The number of aromatic nitrogens is 2. The second-order valence-corrected chi connectivity index (χ2v) is 9.90. The van der Waals surface area contributed by atoms with Crippen molar-refractivity contribution in [3.05, 3.63) is 47.2 Å². The number of rotatable bonds is 6. The molecule has 2 aromatic heterocycles. The number of piperidine rings is 1. The minimum Gasteiger partial charge on any atom is -0.412 e. The Labute approximate surface area is 179 Å². The zero-order valence-electron chi connectivity index (χ0n) is 16.5. The van der Waals surface area contributed by atoms with Crippen LogP contribution in [0.4, 0.5) is 5.69 Å². The number of sulfonamides is 1. The molecular weight excluding hydrogens is 424 g/mol. The average molecular weight is 447 g/mol. The molecule has 1 amide bonds. The lowest BCUT2D eigenvalue weighted by Crippen LogP contribution is -2.35. The number of hydrogen-bond acceptors (Lipinski definition) is 7. The number of hydrogen-bond donors (Lipinski definition) is 1. The first-order valence-electron chi connectivity index (χ1n) is 9.80. The summed E-state index contributed by atoms with van der Waals surface area (Å²) in [6.07, 6.45) is 3.93. The number of likely N-dealkylation sites (tertiary alicyclic amines) is 1. The van der Waals surface area contributed by atoms with Crippen LogP contribution in [0.3, 0.4) is 0 Å². The summed E-state index contributed by atoms with van der Waals surface area (Å²) in [5.74, 6) is -0.231. The lowest BCUT2D eigenvalue weighted by atomic mass is 10.1. The maximum atomic E-state index is 12.7. The van der Waals surface area contributed by atoms with Gasteiger partial charge in [0.15, 0.2) is 0 Å². The fraction of sp³-hybridized carbons (Fsp3) is 0.350. The van der Waals surface area contributed by atoms with Crippen molar-refractivity contribution < 1.29 is 17.6 Å². The Morgan fingerprint density at radius 2 is 1.90 bits per heavy atom. The van der Waals surface area contributed by atoms with Crippen LogP contribution in [0.2, 0.25) is 0 Å². The van der Waals surface area contributed by atoms with E-state index in [4.69, 9.17) is 4.42 Å². The van der Waals surface area contributed by atoms with E-state index in [2.05, 4.69) is 14.9 Å². The molecule has 0 unspecified atom stereocenters. The fourth-order valence-corrected chi connectivity index (χ4v) is 5.45.